The molecular formula is C12H21N3O. The molecule has 0 amide bonds. The molecule has 1 aromatic rings. The van der Waals surface area contributed by atoms with Gasteiger partial charge in [-0.3, -0.25) is 4.68 Å². The van der Waals surface area contributed by atoms with Crippen LogP contribution in [0.3, 0.4) is 0 Å². The summed E-state index contributed by atoms with van der Waals surface area (Å²) in [6, 6.07) is 0.0528. The monoisotopic (exact) mass is 223 g/mol. The molecule has 0 aliphatic carbocycles. The van der Waals surface area contributed by atoms with Crippen molar-refractivity contribution in [1.82, 2.24) is 9.78 Å². The highest BCUT2D eigenvalue weighted by Gasteiger charge is 2.34. The van der Waals surface area contributed by atoms with Crippen LogP contribution in [0.2, 0.25) is 0 Å². The Kier molecular flexibility index (Phi) is 3.30. The Labute approximate surface area is 96.8 Å². The van der Waals surface area contributed by atoms with Gasteiger partial charge in [-0.05, 0) is 38.2 Å². The second-order valence-corrected chi connectivity index (χ2v) is 4.95. The van der Waals surface area contributed by atoms with Gasteiger partial charge < -0.3 is 10.5 Å². The van der Waals surface area contributed by atoms with Gasteiger partial charge in [0.15, 0.2) is 0 Å². The van der Waals surface area contributed by atoms with Crippen LogP contribution in [0.5, 0.6) is 0 Å². The Morgan fingerprint density at radius 2 is 2.44 bits per heavy atom. The number of hydrogen-bond donors (Lipinski definition) is 1. The zero-order chi connectivity index (χ0) is 11.6. The van der Waals surface area contributed by atoms with E-state index in [2.05, 4.69) is 12.0 Å². The summed E-state index contributed by atoms with van der Waals surface area (Å²) in [5, 5.41) is 4.16. The van der Waals surface area contributed by atoms with Gasteiger partial charge in [-0.2, -0.15) is 5.10 Å². The lowest BCUT2D eigenvalue weighted by Gasteiger charge is -2.38. The third-order valence-corrected chi connectivity index (χ3v) is 3.50. The van der Waals surface area contributed by atoms with Crippen molar-refractivity contribution < 1.29 is 4.74 Å². The minimum Gasteiger partial charge on any atom is -0.374 e. The lowest BCUT2D eigenvalue weighted by Crippen LogP contribution is -2.50. The Hall–Kier alpha value is -0.870. The highest BCUT2D eigenvalue weighted by Crippen LogP contribution is 2.28. The average molecular weight is 223 g/mol. The number of ether oxygens (including phenoxy) is 1. The summed E-state index contributed by atoms with van der Waals surface area (Å²) in [6.45, 7) is 2.98. The molecule has 4 heteroatoms. The Balaban J connectivity index is 1.98. The highest BCUT2D eigenvalue weighted by atomic mass is 16.5. The minimum absolute atomic E-state index is 0.0528. The van der Waals surface area contributed by atoms with Gasteiger partial charge in [0, 0.05) is 25.9 Å². The van der Waals surface area contributed by atoms with Gasteiger partial charge in [-0.15, -0.1) is 0 Å². The molecule has 2 N–H and O–H groups in total. The van der Waals surface area contributed by atoms with E-state index in [0.717, 1.165) is 25.9 Å². The van der Waals surface area contributed by atoms with E-state index in [1.807, 2.05) is 24.1 Å². The van der Waals surface area contributed by atoms with Crippen molar-refractivity contribution >= 4 is 0 Å². The topological polar surface area (TPSA) is 53.1 Å². The van der Waals surface area contributed by atoms with E-state index in [1.165, 1.54) is 12.0 Å². The van der Waals surface area contributed by atoms with Crippen molar-refractivity contribution in [2.75, 3.05) is 6.61 Å². The van der Waals surface area contributed by atoms with E-state index in [9.17, 15) is 0 Å². The lowest BCUT2D eigenvalue weighted by molar-refractivity contribution is -0.0808. The Bertz CT molecular complexity index is 342. The first-order valence-electron chi connectivity index (χ1n) is 5.97. The molecule has 1 fully saturated rings. The molecule has 1 aliphatic rings. The second-order valence-electron chi connectivity index (χ2n) is 4.95. The van der Waals surface area contributed by atoms with Crippen molar-refractivity contribution in [3.63, 3.8) is 0 Å². The molecule has 2 heterocycles. The number of aromatic nitrogens is 2. The fraction of sp³-hybridized carbons (Fsp3) is 0.750. The average Bonchev–Trinajstić information content (AvgIpc) is 2.65. The smallest absolute Gasteiger partial charge is 0.0807 e. The summed E-state index contributed by atoms with van der Waals surface area (Å²) in [7, 11) is 1.92. The SMILES string of the molecule is Cn1cc(CC(N)C2(C)CCCCO2)cn1. The normalized spacial score (nSPS) is 27.9. The molecule has 1 saturated heterocycles. The van der Waals surface area contributed by atoms with Crippen LogP contribution in [0.15, 0.2) is 12.4 Å². The van der Waals surface area contributed by atoms with E-state index in [-0.39, 0.29) is 11.6 Å². The van der Waals surface area contributed by atoms with E-state index >= 15 is 0 Å². The number of hydrogen-bond acceptors (Lipinski definition) is 3. The highest BCUT2D eigenvalue weighted by molar-refractivity contribution is 5.08. The van der Waals surface area contributed by atoms with Crippen LogP contribution in [0.25, 0.3) is 0 Å². The van der Waals surface area contributed by atoms with Gasteiger partial charge in [0.05, 0.1) is 11.8 Å². The van der Waals surface area contributed by atoms with Crippen molar-refractivity contribution in [3.05, 3.63) is 18.0 Å². The van der Waals surface area contributed by atoms with E-state index < -0.39 is 0 Å². The van der Waals surface area contributed by atoms with Crippen LogP contribution in [0.1, 0.15) is 31.7 Å². The first-order chi connectivity index (χ1) is 7.60. The third kappa shape index (κ3) is 2.44. The van der Waals surface area contributed by atoms with Crippen LogP contribution < -0.4 is 5.73 Å². The van der Waals surface area contributed by atoms with Crippen molar-refractivity contribution in [2.45, 2.75) is 44.2 Å². The molecule has 0 bridgehead atoms. The Morgan fingerprint density at radius 3 is 3.00 bits per heavy atom. The number of nitrogens with two attached hydrogens (primary N) is 1. The summed E-state index contributed by atoms with van der Waals surface area (Å²) < 4.78 is 7.67. The van der Waals surface area contributed by atoms with E-state index in [0.29, 0.717) is 0 Å². The van der Waals surface area contributed by atoms with Crippen molar-refractivity contribution in [1.29, 1.82) is 0 Å². The second kappa shape index (κ2) is 4.55. The molecule has 90 valence electrons. The molecule has 16 heavy (non-hydrogen) atoms. The first-order valence-corrected chi connectivity index (χ1v) is 5.97. The first kappa shape index (κ1) is 11.6. The molecular weight excluding hydrogens is 202 g/mol. The molecule has 2 rings (SSSR count). The largest absolute Gasteiger partial charge is 0.374 e. The van der Waals surface area contributed by atoms with Gasteiger partial charge in [-0.25, -0.2) is 0 Å². The third-order valence-electron chi connectivity index (χ3n) is 3.50. The minimum atomic E-state index is -0.159. The van der Waals surface area contributed by atoms with Gasteiger partial charge in [0.2, 0.25) is 0 Å². The van der Waals surface area contributed by atoms with Crippen molar-refractivity contribution in [3.8, 4) is 0 Å². The summed E-state index contributed by atoms with van der Waals surface area (Å²) in [5.41, 5.74) is 7.29. The molecule has 2 atom stereocenters. The van der Waals surface area contributed by atoms with Crippen LogP contribution in [0.4, 0.5) is 0 Å². The maximum atomic E-state index is 6.26. The quantitative estimate of drug-likeness (QED) is 0.839. The van der Waals surface area contributed by atoms with Crippen LogP contribution in [-0.2, 0) is 18.2 Å². The number of aryl methyl sites for hydroxylation is 1. The standard InChI is InChI=1S/C12H21N3O/c1-12(5-3-4-6-16-12)11(13)7-10-8-14-15(2)9-10/h8-9,11H,3-7,13H2,1-2H3. The molecule has 0 radical (unpaired) electrons. The molecule has 0 spiro atoms. The molecule has 1 aromatic heterocycles. The summed E-state index contributed by atoms with van der Waals surface area (Å²) in [4.78, 5) is 0. The maximum Gasteiger partial charge on any atom is 0.0807 e. The summed E-state index contributed by atoms with van der Waals surface area (Å²) >= 11 is 0. The van der Waals surface area contributed by atoms with Gasteiger partial charge >= 0.3 is 0 Å². The number of rotatable bonds is 3. The predicted octanol–water partition coefficient (Wildman–Crippen LogP) is 1.25. The van der Waals surface area contributed by atoms with Gasteiger partial charge in [-0.1, -0.05) is 0 Å². The van der Waals surface area contributed by atoms with E-state index in [1.54, 1.807) is 0 Å². The fourth-order valence-electron chi connectivity index (χ4n) is 2.30. The fourth-order valence-corrected chi connectivity index (χ4v) is 2.30. The molecule has 4 nitrogen and oxygen atoms in total. The van der Waals surface area contributed by atoms with Gasteiger partial charge in [0.1, 0.15) is 0 Å². The van der Waals surface area contributed by atoms with Gasteiger partial charge in [0.25, 0.3) is 0 Å². The molecule has 2 unspecified atom stereocenters. The summed E-state index contributed by atoms with van der Waals surface area (Å²) in [5.74, 6) is 0. The predicted molar refractivity (Wildman–Crippen MR) is 63.1 cm³/mol. The molecule has 0 aromatic carbocycles. The van der Waals surface area contributed by atoms with Crippen LogP contribution >= 0.6 is 0 Å². The maximum absolute atomic E-state index is 6.26. The Morgan fingerprint density at radius 1 is 1.62 bits per heavy atom. The lowest BCUT2D eigenvalue weighted by atomic mass is 9.86. The zero-order valence-electron chi connectivity index (χ0n) is 10.1. The van der Waals surface area contributed by atoms with Crippen LogP contribution in [0, 0.1) is 0 Å². The van der Waals surface area contributed by atoms with Crippen molar-refractivity contribution in [2.24, 2.45) is 12.8 Å². The zero-order valence-corrected chi connectivity index (χ0v) is 10.1. The van der Waals surface area contributed by atoms with E-state index in [4.69, 9.17) is 10.5 Å². The number of nitrogens with zero attached hydrogens (tertiary/aromatic N) is 2. The molecule has 1 aliphatic heterocycles. The molecule has 0 saturated carbocycles. The summed E-state index contributed by atoms with van der Waals surface area (Å²) in [6.07, 6.45) is 8.18. The van der Waals surface area contributed by atoms with Crippen LogP contribution in [-0.4, -0.2) is 28.0 Å².